The van der Waals surface area contributed by atoms with Crippen LogP contribution in [0.3, 0.4) is 0 Å². The number of nitrogens with zero attached hydrogens (tertiary/aromatic N) is 2. The minimum absolute atomic E-state index is 0.849. The van der Waals surface area contributed by atoms with E-state index in [1.54, 1.807) is 0 Å². The van der Waals surface area contributed by atoms with Crippen LogP contribution in [0.15, 0.2) is 239 Å². The van der Waals surface area contributed by atoms with Crippen LogP contribution in [0.4, 0.5) is 34.1 Å². The van der Waals surface area contributed by atoms with Gasteiger partial charge in [0.1, 0.15) is 11.2 Å². The van der Waals surface area contributed by atoms with Gasteiger partial charge in [0.2, 0.25) is 0 Å². The number of anilines is 6. The molecule has 0 amide bonds. The van der Waals surface area contributed by atoms with Crippen molar-refractivity contribution in [3.63, 3.8) is 0 Å². The molecule has 0 saturated carbocycles. The first-order valence-electron chi connectivity index (χ1n) is 22.5. The number of fused-ring (bicyclic) bond motifs is 13. The summed E-state index contributed by atoms with van der Waals surface area (Å²) in [4.78, 5) is 4.82. The van der Waals surface area contributed by atoms with Crippen molar-refractivity contribution in [3.05, 3.63) is 231 Å². The molecule has 0 saturated heterocycles. The van der Waals surface area contributed by atoms with Crippen molar-refractivity contribution in [2.24, 2.45) is 0 Å². The van der Waals surface area contributed by atoms with Crippen molar-refractivity contribution in [1.82, 2.24) is 0 Å². The van der Waals surface area contributed by atoms with Crippen molar-refractivity contribution in [2.75, 3.05) is 9.80 Å². The topological polar surface area (TPSA) is 32.8 Å². The average molecular weight is 843 g/mol. The van der Waals surface area contributed by atoms with Crippen LogP contribution >= 0.6 is 0 Å². The van der Waals surface area contributed by atoms with E-state index in [9.17, 15) is 0 Å². The molecule has 2 aromatic heterocycles. The lowest BCUT2D eigenvalue weighted by Gasteiger charge is -2.30. The van der Waals surface area contributed by atoms with Crippen LogP contribution in [0, 0.1) is 0 Å². The molecule has 66 heavy (non-hydrogen) atoms. The molecule has 0 atom stereocenters. The first-order valence-corrected chi connectivity index (χ1v) is 22.5. The molecule has 0 N–H and O–H groups in total. The lowest BCUT2D eigenvalue weighted by molar-refractivity contribution is 0.669. The van der Waals surface area contributed by atoms with E-state index in [0.717, 1.165) is 110 Å². The molecule has 14 rings (SSSR count). The summed E-state index contributed by atoms with van der Waals surface area (Å²) < 4.78 is 13.6. The van der Waals surface area contributed by atoms with Crippen molar-refractivity contribution in [2.45, 2.75) is 0 Å². The second-order valence-electron chi connectivity index (χ2n) is 17.2. The van der Waals surface area contributed by atoms with Gasteiger partial charge in [0, 0.05) is 43.7 Å². The Balaban J connectivity index is 1.08. The van der Waals surface area contributed by atoms with Gasteiger partial charge in [-0.3, -0.25) is 0 Å². The molecule has 2 heterocycles. The second-order valence-corrected chi connectivity index (χ2v) is 17.2. The van der Waals surface area contributed by atoms with E-state index in [2.05, 4.69) is 228 Å². The minimum Gasteiger partial charge on any atom is -0.454 e. The predicted molar refractivity (Wildman–Crippen MR) is 278 cm³/mol. The SMILES string of the molecule is c1ccc2cc(N(c3cc4c5ccccc5c(N(c5ccc6ccccc6c5)c5cccc6c5oc5ccccc56)cc4c4ccccc34)c3cccc4c3oc3ccccc34)ccc2c1. The number of furan rings is 2. The highest BCUT2D eigenvalue weighted by molar-refractivity contribution is 6.26. The van der Waals surface area contributed by atoms with Gasteiger partial charge >= 0.3 is 0 Å². The number of benzene rings is 12. The Labute approximate surface area is 379 Å². The van der Waals surface area contributed by atoms with Gasteiger partial charge < -0.3 is 18.6 Å². The molecular weight excluding hydrogens is 805 g/mol. The van der Waals surface area contributed by atoms with Crippen LogP contribution in [-0.4, -0.2) is 0 Å². The van der Waals surface area contributed by atoms with Crippen molar-refractivity contribution < 1.29 is 8.83 Å². The summed E-state index contributed by atoms with van der Waals surface area (Å²) in [7, 11) is 0. The van der Waals surface area contributed by atoms with Gasteiger partial charge in [0.25, 0.3) is 0 Å². The minimum atomic E-state index is 0.849. The zero-order valence-corrected chi connectivity index (χ0v) is 35.7. The maximum atomic E-state index is 6.81. The second kappa shape index (κ2) is 14.3. The highest BCUT2D eigenvalue weighted by Crippen LogP contribution is 2.51. The highest BCUT2D eigenvalue weighted by Gasteiger charge is 2.26. The maximum Gasteiger partial charge on any atom is 0.159 e. The van der Waals surface area contributed by atoms with E-state index >= 15 is 0 Å². The van der Waals surface area contributed by atoms with Gasteiger partial charge in [-0.1, -0.05) is 170 Å². The Kier molecular flexibility index (Phi) is 7.95. The Hall–Kier alpha value is -8.86. The molecule has 0 bridgehead atoms. The number of rotatable bonds is 6. The Morgan fingerprint density at radius 3 is 1.05 bits per heavy atom. The fourth-order valence-corrected chi connectivity index (χ4v) is 10.5. The fourth-order valence-electron chi connectivity index (χ4n) is 10.5. The molecule has 0 aliphatic carbocycles. The van der Waals surface area contributed by atoms with E-state index in [1.807, 2.05) is 12.1 Å². The molecule has 0 fully saturated rings. The third kappa shape index (κ3) is 5.52. The molecule has 0 unspecified atom stereocenters. The van der Waals surface area contributed by atoms with Gasteiger partial charge in [-0.15, -0.1) is 0 Å². The van der Waals surface area contributed by atoms with Crippen molar-refractivity contribution in [1.29, 1.82) is 0 Å². The molecule has 0 aliphatic rings. The third-order valence-electron chi connectivity index (χ3n) is 13.6. The molecule has 4 heteroatoms. The van der Waals surface area contributed by atoms with Gasteiger partial charge in [-0.25, -0.2) is 0 Å². The largest absolute Gasteiger partial charge is 0.454 e. The molecule has 308 valence electrons. The zero-order chi connectivity index (χ0) is 43.3. The average Bonchev–Trinajstić information content (AvgIpc) is 3.96. The van der Waals surface area contributed by atoms with Crippen LogP contribution in [0.2, 0.25) is 0 Å². The van der Waals surface area contributed by atoms with Crippen LogP contribution < -0.4 is 9.80 Å². The molecule has 4 nitrogen and oxygen atoms in total. The summed E-state index contributed by atoms with van der Waals surface area (Å²) in [6.45, 7) is 0. The first-order chi connectivity index (χ1) is 32.7. The summed E-state index contributed by atoms with van der Waals surface area (Å²) in [5.41, 5.74) is 9.63. The van der Waals surface area contributed by atoms with Gasteiger partial charge in [0.05, 0.1) is 22.7 Å². The monoisotopic (exact) mass is 842 g/mol. The van der Waals surface area contributed by atoms with Gasteiger partial charge in [-0.05, 0) is 104 Å². The van der Waals surface area contributed by atoms with Crippen LogP contribution in [-0.2, 0) is 0 Å². The van der Waals surface area contributed by atoms with Gasteiger partial charge in [0.15, 0.2) is 11.2 Å². The van der Waals surface area contributed by atoms with E-state index in [0.29, 0.717) is 0 Å². The summed E-state index contributed by atoms with van der Waals surface area (Å²) in [6.07, 6.45) is 0. The lowest BCUT2D eigenvalue weighted by atomic mass is 9.93. The van der Waals surface area contributed by atoms with Crippen LogP contribution in [0.5, 0.6) is 0 Å². The van der Waals surface area contributed by atoms with E-state index < -0.39 is 0 Å². The molecule has 14 aromatic rings. The smallest absolute Gasteiger partial charge is 0.159 e. The molecule has 0 spiro atoms. The Morgan fingerprint density at radius 2 is 0.591 bits per heavy atom. The lowest BCUT2D eigenvalue weighted by Crippen LogP contribution is -2.12. The molecule has 0 radical (unpaired) electrons. The van der Waals surface area contributed by atoms with Crippen LogP contribution in [0.25, 0.3) is 97.7 Å². The van der Waals surface area contributed by atoms with E-state index in [4.69, 9.17) is 8.83 Å². The van der Waals surface area contributed by atoms with Crippen molar-refractivity contribution >= 4 is 132 Å². The summed E-state index contributed by atoms with van der Waals surface area (Å²) in [5, 5.41) is 16.0. The molecular formula is C62H38N2O2. The summed E-state index contributed by atoms with van der Waals surface area (Å²) in [5.74, 6) is 0. The molecule has 12 aromatic carbocycles. The first kappa shape index (κ1) is 36.6. The summed E-state index contributed by atoms with van der Waals surface area (Å²) in [6, 6.07) is 82.9. The number of hydrogen-bond donors (Lipinski definition) is 0. The predicted octanol–water partition coefficient (Wildman–Crippen LogP) is 18.2. The van der Waals surface area contributed by atoms with Crippen LogP contribution in [0.1, 0.15) is 0 Å². The normalized spacial score (nSPS) is 11.9. The van der Waals surface area contributed by atoms with E-state index in [-0.39, 0.29) is 0 Å². The van der Waals surface area contributed by atoms with E-state index in [1.165, 1.54) is 21.5 Å². The van der Waals surface area contributed by atoms with Gasteiger partial charge in [-0.2, -0.15) is 0 Å². The number of para-hydroxylation sites is 4. The summed E-state index contributed by atoms with van der Waals surface area (Å²) >= 11 is 0. The third-order valence-corrected chi connectivity index (χ3v) is 13.6. The zero-order valence-electron chi connectivity index (χ0n) is 35.7. The standard InChI is InChI=1S/C62H38N2O2/c1-3-17-41-35-43(33-31-39(41)15-1)63(55-27-13-25-51-49-23-9-11-29-59(49)65-61(51)55)57-37-53-46-20-6-8-22-48(46)58(38-54(53)45-19-5-7-21-47(45)57)64(44-34-32-40-16-2-4-18-42(40)36-44)56-28-14-26-52-50-24-10-12-30-60(50)66-62(52)56/h1-38H. The fraction of sp³-hybridized carbons (Fsp3) is 0. The highest BCUT2D eigenvalue weighted by atomic mass is 16.3. The Bertz CT molecular complexity index is 4000. The number of hydrogen-bond acceptors (Lipinski definition) is 4. The van der Waals surface area contributed by atoms with Crippen molar-refractivity contribution in [3.8, 4) is 0 Å². The maximum absolute atomic E-state index is 6.81. The Morgan fingerprint density at radius 1 is 0.227 bits per heavy atom. The molecule has 0 aliphatic heterocycles. The quantitative estimate of drug-likeness (QED) is 0.156.